The van der Waals surface area contributed by atoms with E-state index in [-0.39, 0.29) is 23.9 Å². The fourth-order valence-electron chi connectivity index (χ4n) is 4.29. The van der Waals surface area contributed by atoms with Crippen LogP contribution in [0.1, 0.15) is 48.8 Å². The van der Waals surface area contributed by atoms with Crippen LogP contribution in [-0.4, -0.2) is 16.8 Å². The van der Waals surface area contributed by atoms with E-state index < -0.39 is 0 Å². The van der Waals surface area contributed by atoms with Gasteiger partial charge in [0.05, 0.1) is 12.1 Å². The van der Waals surface area contributed by atoms with Gasteiger partial charge in [-0.05, 0) is 54.7 Å². The molecule has 0 spiro atoms. The third-order valence-electron chi connectivity index (χ3n) is 5.47. The van der Waals surface area contributed by atoms with Crippen LogP contribution in [0.25, 0.3) is 0 Å². The molecule has 0 N–H and O–H groups in total. The predicted molar refractivity (Wildman–Crippen MR) is 107 cm³/mol. The standard InChI is InChI=1S/C22H21Cl2NO/c23-17-10-8-15(9-11-17)22-20(16-4-3-5-18(24)14-16)12-13-21(26)25(22)19-6-1-2-7-19/h1,3-6,8-11,14,19-20,22H,2,7,12-13H2/t19?,20-,22-/m1/s1. The first-order valence-electron chi connectivity index (χ1n) is 9.12. The van der Waals surface area contributed by atoms with E-state index in [2.05, 4.69) is 35.3 Å². The largest absolute Gasteiger partial charge is 0.329 e. The fourth-order valence-corrected chi connectivity index (χ4v) is 4.62. The lowest BCUT2D eigenvalue weighted by molar-refractivity contribution is -0.139. The molecule has 2 aliphatic rings. The van der Waals surface area contributed by atoms with E-state index >= 15 is 0 Å². The van der Waals surface area contributed by atoms with Crippen LogP contribution >= 0.6 is 23.2 Å². The highest BCUT2D eigenvalue weighted by atomic mass is 35.5. The quantitative estimate of drug-likeness (QED) is 0.579. The van der Waals surface area contributed by atoms with Gasteiger partial charge in [-0.3, -0.25) is 4.79 Å². The number of hydrogen-bond donors (Lipinski definition) is 0. The van der Waals surface area contributed by atoms with E-state index in [0.717, 1.165) is 29.8 Å². The van der Waals surface area contributed by atoms with Gasteiger partial charge in [0.25, 0.3) is 0 Å². The summed E-state index contributed by atoms with van der Waals surface area (Å²) in [4.78, 5) is 15.0. The van der Waals surface area contributed by atoms with Crippen LogP contribution in [0.3, 0.4) is 0 Å². The van der Waals surface area contributed by atoms with Crippen LogP contribution in [0, 0.1) is 0 Å². The molecule has 26 heavy (non-hydrogen) atoms. The van der Waals surface area contributed by atoms with Crippen molar-refractivity contribution < 1.29 is 4.79 Å². The van der Waals surface area contributed by atoms with E-state index in [4.69, 9.17) is 23.2 Å². The number of hydrogen-bond acceptors (Lipinski definition) is 1. The Bertz CT molecular complexity index is 830. The van der Waals surface area contributed by atoms with Crippen molar-refractivity contribution in [3.63, 3.8) is 0 Å². The normalized spacial score (nSPS) is 25.7. The predicted octanol–water partition coefficient (Wildman–Crippen LogP) is 6.16. The molecule has 0 aromatic heterocycles. The number of benzene rings is 2. The minimum atomic E-state index is -0.000247. The Hall–Kier alpha value is -1.77. The lowest BCUT2D eigenvalue weighted by atomic mass is 9.79. The number of allylic oxidation sites excluding steroid dienone is 1. The molecule has 0 bridgehead atoms. The molecule has 0 saturated carbocycles. The zero-order valence-corrected chi connectivity index (χ0v) is 16.0. The Balaban J connectivity index is 1.80. The van der Waals surface area contributed by atoms with Gasteiger partial charge in [0.2, 0.25) is 5.91 Å². The Labute approximate surface area is 164 Å². The summed E-state index contributed by atoms with van der Waals surface area (Å²) in [6.07, 6.45) is 7.80. The Morgan fingerprint density at radius 3 is 2.42 bits per heavy atom. The fraction of sp³-hybridized carbons (Fsp3) is 0.318. The van der Waals surface area contributed by atoms with Crippen LogP contribution in [-0.2, 0) is 4.79 Å². The van der Waals surface area contributed by atoms with E-state index in [1.165, 1.54) is 5.56 Å². The van der Waals surface area contributed by atoms with Crippen molar-refractivity contribution in [2.45, 2.75) is 43.7 Å². The molecule has 1 unspecified atom stereocenters. The maximum atomic E-state index is 12.9. The van der Waals surface area contributed by atoms with Gasteiger partial charge in [-0.15, -0.1) is 0 Å². The molecular weight excluding hydrogens is 365 g/mol. The highest BCUT2D eigenvalue weighted by Crippen LogP contribution is 2.45. The first-order chi connectivity index (χ1) is 12.6. The van der Waals surface area contributed by atoms with Gasteiger partial charge < -0.3 is 4.90 Å². The topological polar surface area (TPSA) is 20.3 Å². The van der Waals surface area contributed by atoms with Crippen molar-refractivity contribution >= 4 is 29.1 Å². The second kappa shape index (κ2) is 7.46. The lowest BCUT2D eigenvalue weighted by Crippen LogP contribution is -2.46. The van der Waals surface area contributed by atoms with Gasteiger partial charge in [-0.2, -0.15) is 0 Å². The summed E-state index contributed by atoms with van der Waals surface area (Å²) in [5, 5.41) is 1.45. The summed E-state index contributed by atoms with van der Waals surface area (Å²) in [5.74, 6) is 0.460. The van der Waals surface area contributed by atoms with Crippen LogP contribution in [0.2, 0.25) is 10.0 Å². The van der Waals surface area contributed by atoms with Crippen molar-refractivity contribution in [2.75, 3.05) is 0 Å². The lowest BCUT2D eigenvalue weighted by Gasteiger charge is -2.44. The monoisotopic (exact) mass is 385 g/mol. The zero-order valence-electron chi connectivity index (χ0n) is 14.4. The number of rotatable bonds is 3. The maximum absolute atomic E-state index is 12.9. The summed E-state index contributed by atoms with van der Waals surface area (Å²) < 4.78 is 0. The van der Waals surface area contributed by atoms with Crippen LogP contribution in [0.15, 0.2) is 60.7 Å². The molecule has 0 radical (unpaired) electrons. The molecule has 3 atom stereocenters. The average Bonchev–Trinajstić information content (AvgIpc) is 3.16. The molecule has 1 aliphatic carbocycles. The Kier molecular flexibility index (Phi) is 5.06. The number of likely N-dealkylation sites (tertiary alicyclic amines) is 1. The van der Waals surface area contributed by atoms with Crippen molar-refractivity contribution in [2.24, 2.45) is 0 Å². The maximum Gasteiger partial charge on any atom is 0.223 e. The second-order valence-electron chi connectivity index (χ2n) is 7.07. The average molecular weight is 386 g/mol. The van der Waals surface area contributed by atoms with Gasteiger partial charge in [0.1, 0.15) is 0 Å². The summed E-state index contributed by atoms with van der Waals surface area (Å²) in [6, 6.07) is 16.1. The summed E-state index contributed by atoms with van der Waals surface area (Å²) in [5.41, 5.74) is 2.32. The number of carbonyl (C=O) groups excluding carboxylic acids is 1. The minimum Gasteiger partial charge on any atom is -0.329 e. The molecule has 2 aromatic rings. The highest BCUT2D eigenvalue weighted by Gasteiger charge is 2.40. The molecule has 4 heteroatoms. The van der Waals surface area contributed by atoms with E-state index in [1.807, 2.05) is 30.3 Å². The molecule has 1 saturated heterocycles. The molecule has 1 heterocycles. The summed E-state index contributed by atoms with van der Waals surface area (Å²) >= 11 is 12.4. The number of carbonyl (C=O) groups is 1. The third kappa shape index (κ3) is 3.41. The first kappa shape index (κ1) is 17.6. The minimum absolute atomic E-state index is 0.000247. The molecule has 2 aromatic carbocycles. The second-order valence-corrected chi connectivity index (χ2v) is 7.94. The molecule has 2 nitrogen and oxygen atoms in total. The van der Waals surface area contributed by atoms with Crippen molar-refractivity contribution in [3.05, 3.63) is 81.9 Å². The third-order valence-corrected chi connectivity index (χ3v) is 5.96. The van der Waals surface area contributed by atoms with Gasteiger partial charge >= 0.3 is 0 Å². The Morgan fingerprint density at radius 2 is 1.73 bits per heavy atom. The summed E-state index contributed by atoms with van der Waals surface area (Å²) in [7, 11) is 0. The SMILES string of the molecule is O=C1CC[C@H](c2cccc(Cl)c2)[C@@H](c2ccc(Cl)cc2)N1C1C=CCC1. The van der Waals surface area contributed by atoms with Gasteiger partial charge in [-0.1, -0.05) is 59.6 Å². The van der Waals surface area contributed by atoms with Gasteiger partial charge in [-0.25, -0.2) is 0 Å². The molecule has 1 amide bonds. The van der Waals surface area contributed by atoms with E-state index in [0.29, 0.717) is 11.4 Å². The number of nitrogens with zero attached hydrogens (tertiary/aromatic N) is 1. The van der Waals surface area contributed by atoms with Crippen LogP contribution in [0.4, 0.5) is 0 Å². The van der Waals surface area contributed by atoms with E-state index in [1.54, 1.807) is 0 Å². The van der Waals surface area contributed by atoms with Crippen molar-refractivity contribution in [1.29, 1.82) is 0 Å². The van der Waals surface area contributed by atoms with Crippen molar-refractivity contribution in [1.82, 2.24) is 4.90 Å². The molecule has 4 rings (SSSR count). The highest BCUT2D eigenvalue weighted by molar-refractivity contribution is 6.30. The van der Waals surface area contributed by atoms with Gasteiger partial charge in [0, 0.05) is 22.4 Å². The molecular formula is C22H21Cl2NO. The molecule has 134 valence electrons. The number of amides is 1. The van der Waals surface area contributed by atoms with Crippen LogP contribution < -0.4 is 0 Å². The Morgan fingerprint density at radius 1 is 0.923 bits per heavy atom. The smallest absolute Gasteiger partial charge is 0.223 e. The molecule has 1 fully saturated rings. The van der Waals surface area contributed by atoms with E-state index in [9.17, 15) is 4.79 Å². The number of halogens is 2. The van der Waals surface area contributed by atoms with Crippen molar-refractivity contribution in [3.8, 4) is 0 Å². The zero-order chi connectivity index (χ0) is 18.1. The van der Waals surface area contributed by atoms with Crippen LogP contribution in [0.5, 0.6) is 0 Å². The first-order valence-corrected chi connectivity index (χ1v) is 9.88. The molecule has 1 aliphatic heterocycles. The van der Waals surface area contributed by atoms with Gasteiger partial charge in [0.15, 0.2) is 0 Å². The number of piperidine rings is 1. The summed E-state index contributed by atoms with van der Waals surface area (Å²) in [6.45, 7) is 0.